The molecule has 1 fully saturated rings. The molecule has 0 radical (unpaired) electrons. The summed E-state index contributed by atoms with van der Waals surface area (Å²) in [6.45, 7) is 5.72. The molecule has 0 spiro atoms. The molecule has 1 aliphatic rings. The van der Waals surface area contributed by atoms with Gasteiger partial charge in [-0.2, -0.15) is 0 Å². The molecule has 1 amide bonds. The van der Waals surface area contributed by atoms with E-state index in [0.29, 0.717) is 13.1 Å². The molecule has 0 bridgehead atoms. The fraction of sp³-hybridized carbons (Fsp3) is 0.533. The van der Waals surface area contributed by atoms with Crippen LogP contribution < -0.4 is 0 Å². The van der Waals surface area contributed by atoms with E-state index in [1.54, 1.807) is 4.90 Å². The van der Waals surface area contributed by atoms with Crippen LogP contribution in [0.25, 0.3) is 0 Å². The Bertz CT molecular complexity index is 526. The number of nitrogens with zero attached hydrogens (tertiary/aromatic N) is 2. The molecule has 108 valence electrons. The van der Waals surface area contributed by atoms with Gasteiger partial charge in [0.05, 0.1) is 5.56 Å². The number of likely N-dealkylation sites (tertiary alicyclic amines) is 1. The van der Waals surface area contributed by atoms with Crippen molar-refractivity contribution in [3.05, 3.63) is 29.6 Å². The van der Waals surface area contributed by atoms with Gasteiger partial charge in [-0.1, -0.05) is 13.8 Å². The van der Waals surface area contributed by atoms with Gasteiger partial charge in [0.2, 0.25) is 0 Å². The molecule has 0 atom stereocenters. The van der Waals surface area contributed by atoms with E-state index in [2.05, 4.69) is 18.8 Å². The van der Waals surface area contributed by atoms with Crippen LogP contribution in [0.4, 0.5) is 0 Å². The Morgan fingerprint density at radius 1 is 1.30 bits per heavy atom. The molecule has 5 heteroatoms. The van der Waals surface area contributed by atoms with Crippen molar-refractivity contribution in [2.24, 2.45) is 5.41 Å². The van der Waals surface area contributed by atoms with E-state index in [4.69, 9.17) is 5.11 Å². The van der Waals surface area contributed by atoms with Crippen LogP contribution in [0, 0.1) is 5.41 Å². The van der Waals surface area contributed by atoms with Gasteiger partial charge < -0.3 is 10.0 Å². The monoisotopic (exact) mass is 276 g/mol. The highest BCUT2D eigenvalue weighted by Gasteiger charge is 2.28. The first-order chi connectivity index (χ1) is 9.41. The fourth-order valence-corrected chi connectivity index (χ4v) is 2.52. The zero-order chi connectivity index (χ0) is 14.8. The molecule has 1 saturated heterocycles. The summed E-state index contributed by atoms with van der Waals surface area (Å²) in [7, 11) is 0. The van der Waals surface area contributed by atoms with Gasteiger partial charge >= 0.3 is 5.97 Å². The molecule has 2 heterocycles. The standard InChI is InChI=1S/C15H20N2O3/c1-15(2)6-4-9-17(10-7-15)13(18)12-11(14(19)20)5-3-8-16-12/h3,5,8H,4,6-7,9-10H2,1-2H3,(H,19,20). The molecular formula is C15H20N2O3. The number of carbonyl (C=O) groups excluding carboxylic acids is 1. The molecule has 1 N–H and O–H groups in total. The van der Waals surface area contributed by atoms with E-state index in [-0.39, 0.29) is 22.6 Å². The van der Waals surface area contributed by atoms with Crippen LogP contribution in [-0.4, -0.2) is 40.0 Å². The third-order valence-electron chi connectivity index (χ3n) is 3.87. The second-order valence-corrected chi connectivity index (χ2v) is 6.01. The summed E-state index contributed by atoms with van der Waals surface area (Å²) in [6.07, 6.45) is 4.40. The van der Waals surface area contributed by atoms with E-state index in [0.717, 1.165) is 19.3 Å². The summed E-state index contributed by atoms with van der Waals surface area (Å²) >= 11 is 0. The molecule has 0 unspecified atom stereocenters. The van der Waals surface area contributed by atoms with Crippen LogP contribution in [0.1, 0.15) is 54.0 Å². The zero-order valence-electron chi connectivity index (χ0n) is 11.9. The smallest absolute Gasteiger partial charge is 0.338 e. The van der Waals surface area contributed by atoms with Crippen molar-refractivity contribution in [1.82, 2.24) is 9.88 Å². The van der Waals surface area contributed by atoms with Gasteiger partial charge in [-0.3, -0.25) is 9.78 Å². The first-order valence-electron chi connectivity index (χ1n) is 6.88. The van der Waals surface area contributed by atoms with Gasteiger partial charge in [-0.25, -0.2) is 4.79 Å². The second kappa shape index (κ2) is 5.61. The second-order valence-electron chi connectivity index (χ2n) is 6.01. The summed E-state index contributed by atoms with van der Waals surface area (Å²) in [5.74, 6) is -1.39. The topological polar surface area (TPSA) is 70.5 Å². The number of carboxylic acid groups (broad SMARTS) is 1. The predicted octanol–water partition coefficient (Wildman–Crippen LogP) is 2.43. The summed E-state index contributed by atoms with van der Waals surface area (Å²) < 4.78 is 0. The summed E-state index contributed by atoms with van der Waals surface area (Å²) in [5.41, 5.74) is 0.245. The first kappa shape index (κ1) is 14.5. The largest absolute Gasteiger partial charge is 0.478 e. The molecule has 1 aromatic rings. The number of carbonyl (C=O) groups is 2. The van der Waals surface area contributed by atoms with Crippen molar-refractivity contribution >= 4 is 11.9 Å². The van der Waals surface area contributed by atoms with Gasteiger partial charge in [0.25, 0.3) is 5.91 Å². The number of amides is 1. The summed E-state index contributed by atoms with van der Waals surface area (Å²) in [5, 5.41) is 9.14. The maximum atomic E-state index is 12.5. The fourth-order valence-electron chi connectivity index (χ4n) is 2.52. The van der Waals surface area contributed by atoms with E-state index >= 15 is 0 Å². The van der Waals surface area contributed by atoms with Crippen molar-refractivity contribution in [2.75, 3.05) is 13.1 Å². The van der Waals surface area contributed by atoms with E-state index in [9.17, 15) is 9.59 Å². The number of pyridine rings is 1. The Morgan fingerprint density at radius 3 is 2.75 bits per heavy atom. The zero-order valence-corrected chi connectivity index (χ0v) is 11.9. The molecule has 0 saturated carbocycles. The minimum Gasteiger partial charge on any atom is -0.478 e. The molecule has 5 nitrogen and oxygen atoms in total. The molecule has 0 aliphatic carbocycles. The number of carboxylic acids is 1. The molecule has 0 aromatic carbocycles. The normalized spacial score (nSPS) is 18.4. The van der Waals surface area contributed by atoms with Gasteiger partial charge in [-0.05, 0) is 36.8 Å². The van der Waals surface area contributed by atoms with Gasteiger partial charge in [0.15, 0.2) is 0 Å². The summed E-state index contributed by atoms with van der Waals surface area (Å²) in [4.78, 5) is 29.4. The van der Waals surface area contributed by atoms with Crippen molar-refractivity contribution in [1.29, 1.82) is 0 Å². The van der Waals surface area contributed by atoms with Crippen molar-refractivity contribution in [3.63, 3.8) is 0 Å². The predicted molar refractivity (Wildman–Crippen MR) is 74.7 cm³/mol. The quantitative estimate of drug-likeness (QED) is 0.900. The minimum absolute atomic E-state index is 0.0268. The van der Waals surface area contributed by atoms with E-state index < -0.39 is 5.97 Å². The van der Waals surface area contributed by atoms with Crippen molar-refractivity contribution in [3.8, 4) is 0 Å². The van der Waals surface area contributed by atoms with Gasteiger partial charge in [0, 0.05) is 19.3 Å². The molecule has 20 heavy (non-hydrogen) atoms. The highest BCUT2D eigenvalue weighted by atomic mass is 16.4. The lowest BCUT2D eigenvalue weighted by molar-refractivity contribution is 0.0672. The third kappa shape index (κ3) is 3.15. The van der Waals surface area contributed by atoms with Gasteiger partial charge in [0.1, 0.15) is 5.69 Å². The Hall–Kier alpha value is -1.91. The number of hydrogen-bond donors (Lipinski definition) is 1. The van der Waals surface area contributed by atoms with Crippen LogP contribution in [0.15, 0.2) is 18.3 Å². The van der Waals surface area contributed by atoms with Crippen LogP contribution in [0.5, 0.6) is 0 Å². The maximum Gasteiger partial charge on any atom is 0.338 e. The van der Waals surface area contributed by atoms with Crippen molar-refractivity contribution < 1.29 is 14.7 Å². The number of aromatic carboxylic acids is 1. The third-order valence-corrected chi connectivity index (χ3v) is 3.87. The van der Waals surface area contributed by atoms with Gasteiger partial charge in [-0.15, -0.1) is 0 Å². The van der Waals surface area contributed by atoms with Crippen LogP contribution in [0.2, 0.25) is 0 Å². The number of rotatable bonds is 2. The molecule has 1 aromatic heterocycles. The molecular weight excluding hydrogens is 256 g/mol. The van der Waals surface area contributed by atoms with Crippen LogP contribution >= 0.6 is 0 Å². The maximum absolute atomic E-state index is 12.5. The van der Waals surface area contributed by atoms with E-state index in [1.807, 2.05) is 0 Å². The minimum atomic E-state index is -1.11. The first-order valence-corrected chi connectivity index (χ1v) is 6.88. The Morgan fingerprint density at radius 2 is 2.05 bits per heavy atom. The molecule has 2 rings (SSSR count). The Kier molecular flexibility index (Phi) is 4.06. The van der Waals surface area contributed by atoms with Crippen molar-refractivity contribution in [2.45, 2.75) is 33.1 Å². The van der Waals surface area contributed by atoms with E-state index in [1.165, 1.54) is 18.3 Å². The highest BCUT2D eigenvalue weighted by Crippen LogP contribution is 2.30. The number of aromatic nitrogens is 1. The SMILES string of the molecule is CC1(C)CCCN(C(=O)c2ncccc2C(=O)O)CC1. The highest BCUT2D eigenvalue weighted by molar-refractivity contribution is 6.03. The van der Waals surface area contributed by atoms with Crippen LogP contribution in [-0.2, 0) is 0 Å². The average Bonchev–Trinajstić information content (AvgIpc) is 2.59. The number of hydrogen-bond acceptors (Lipinski definition) is 3. The lowest BCUT2D eigenvalue weighted by Crippen LogP contribution is -2.34. The average molecular weight is 276 g/mol. The van der Waals surface area contributed by atoms with Crippen LogP contribution in [0.3, 0.4) is 0 Å². The molecule has 1 aliphatic heterocycles. The lowest BCUT2D eigenvalue weighted by Gasteiger charge is -2.23. The summed E-state index contributed by atoms with van der Waals surface area (Å²) in [6, 6.07) is 2.95. The Balaban J connectivity index is 2.21. The lowest BCUT2D eigenvalue weighted by atomic mass is 9.85. The Labute approximate surface area is 118 Å².